The van der Waals surface area contributed by atoms with Crippen LogP contribution in [0, 0.1) is 17.1 Å². The number of aromatic nitrogens is 1. The predicted octanol–water partition coefficient (Wildman–Crippen LogP) is 3.43. The average Bonchev–Trinajstić information content (AvgIpc) is 3.01. The summed E-state index contributed by atoms with van der Waals surface area (Å²) in [5.41, 5.74) is 1.34. The number of carbonyl (C=O) groups is 2. The van der Waals surface area contributed by atoms with Crippen LogP contribution in [0.2, 0.25) is 0 Å². The summed E-state index contributed by atoms with van der Waals surface area (Å²) in [6.07, 6.45) is 2.88. The molecule has 0 saturated heterocycles. The zero-order chi connectivity index (χ0) is 20.3. The van der Waals surface area contributed by atoms with Crippen molar-refractivity contribution in [1.82, 2.24) is 4.57 Å². The Morgan fingerprint density at radius 1 is 1.25 bits per heavy atom. The van der Waals surface area contributed by atoms with Gasteiger partial charge in [-0.25, -0.2) is 4.39 Å². The highest BCUT2D eigenvalue weighted by Gasteiger charge is 2.18. The van der Waals surface area contributed by atoms with Crippen LogP contribution in [0.25, 0.3) is 17.0 Å². The Hall–Kier alpha value is -3.92. The zero-order valence-corrected chi connectivity index (χ0v) is 15.0. The number of hydrogen-bond donors (Lipinski definition) is 1. The number of carbonyl (C=O) groups excluding carboxylic acids is 1. The lowest BCUT2D eigenvalue weighted by atomic mass is 10.1. The summed E-state index contributed by atoms with van der Waals surface area (Å²) >= 11 is 0. The van der Waals surface area contributed by atoms with Crippen LogP contribution in [0.4, 0.5) is 10.1 Å². The van der Waals surface area contributed by atoms with Crippen molar-refractivity contribution >= 4 is 34.5 Å². The van der Waals surface area contributed by atoms with E-state index < -0.39 is 17.7 Å². The van der Waals surface area contributed by atoms with Gasteiger partial charge < -0.3 is 14.6 Å². The standard InChI is InChI=1S/C21H16FN3O3/c1-24(17-5-3-2-4-6-17)21(28)14(11-23)9-15-12-25(13-20(26)27)19-10-16(22)7-8-18(15)19/h2-10,12H,13H2,1H3,(H,26,27)/b14-9+. The van der Waals surface area contributed by atoms with Crippen LogP contribution in [0.15, 0.2) is 60.3 Å². The second-order valence-corrected chi connectivity index (χ2v) is 6.14. The first-order chi connectivity index (χ1) is 13.4. The third-order valence-corrected chi connectivity index (χ3v) is 4.28. The van der Waals surface area contributed by atoms with E-state index in [9.17, 15) is 19.2 Å². The van der Waals surface area contributed by atoms with E-state index >= 15 is 0 Å². The monoisotopic (exact) mass is 377 g/mol. The highest BCUT2D eigenvalue weighted by Crippen LogP contribution is 2.25. The summed E-state index contributed by atoms with van der Waals surface area (Å²) in [7, 11) is 1.56. The molecule has 3 aromatic rings. The number of carboxylic acids is 1. The largest absolute Gasteiger partial charge is 0.480 e. The number of hydrogen-bond acceptors (Lipinski definition) is 3. The number of likely N-dealkylation sites (N-methyl/N-ethyl adjacent to an activating group) is 1. The van der Waals surface area contributed by atoms with Crippen LogP contribution >= 0.6 is 0 Å². The number of rotatable bonds is 5. The molecule has 0 bridgehead atoms. The number of nitrogens with zero attached hydrogens (tertiary/aromatic N) is 3. The molecule has 1 heterocycles. The van der Waals surface area contributed by atoms with Gasteiger partial charge in [-0.15, -0.1) is 0 Å². The van der Waals surface area contributed by atoms with Gasteiger partial charge in [0.2, 0.25) is 0 Å². The van der Waals surface area contributed by atoms with Gasteiger partial charge in [-0.05, 0) is 36.4 Å². The van der Waals surface area contributed by atoms with E-state index in [4.69, 9.17) is 5.11 Å². The molecule has 1 aromatic heterocycles. The fourth-order valence-corrected chi connectivity index (χ4v) is 2.93. The number of carboxylic acid groups (broad SMARTS) is 1. The first-order valence-electron chi connectivity index (χ1n) is 8.36. The van der Waals surface area contributed by atoms with Gasteiger partial charge in [0.1, 0.15) is 24.0 Å². The van der Waals surface area contributed by atoms with Gasteiger partial charge in [-0.1, -0.05) is 18.2 Å². The molecule has 0 radical (unpaired) electrons. The average molecular weight is 377 g/mol. The molecule has 0 saturated carbocycles. The zero-order valence-electron chi connectivity index (χ0n) is 15.0. The SMILES string of the molecule is CN(C(=O)/C(C#N)=C/c1cn(CC(=O)O)c2cc(F)ccc12)c1ccccc1. The van der Waals surface area contributed by atoms with Crippen molar-refractivity contribution < 1.29 is 19.1 Å². The second kappa shape index (κ2) is 7.76. The van der Waals surface area contributed by atoms with E-state index in [-0.39, 0.29) is 12.1 Å². The van der Waals surface area contributed by atoms with Gasteiger partial charge in [-0.2, -0.15) is 5.26 Å². The Labute approximate surface area is 160 Å². The van der Waals surface area contributed by atoms with Crippen molar-refractivity contribution in [3.05, 3.63) is 71.7 Å². The summed E-state index contributed by atoms with van der Waals surface area (Å²) in [4.78, 5) is 25.2. The molecule has 140 valence electrons. The molecule has 28 heavy (non-hydrogen) atoms. The Morgan fingerprint density at radius 2 is 1.96 bits per heavy atom. The van der Waals surface area contributed by atoms with E-state index in [0.29, 0.717) is 22.2 Å². The Balaban J connectivity index is 2.05. The van der Waals surface area contributed by atoms with Gasteiger partial charge >= 0.3 is 5.97 Å². The second-order valence-electron chi connectivity index (χ2n) is 6.14. The number of fused-ring (bicyclic) bond motifs is 1. The molecule has 2 aromatic carbocycles. The van der Waals surface area contributed by atoms with E-state index in [1.54, 1.807) is 31.3 Å². The Morgan fingerprint density at radius 3 is 2.61 bits per heavy atom. The van der Waals surface area contributed by atoms with Crippen LogP contribution in [-0.4, -0.2) is 28.6 Å². The molecule has 0 fully saturated rings. The molecule has 0 unspecified atom stereocenters. The molecule has 3 rings (SSSR count). The minimum Gasteiger partial charge on any atom is -0.480 e. The fourth-order valence-electron chi connectivity index (χ4n) is 2.93. The van der Waals surface area contributed by atoms with Crippen LogP contribution < -0.4 is 4.90 Å². The maximum atomic E-state index is 13.6. The lowest BCUT2D eigenvalue weighted by Gasteiger charge is -2.16. The number of amides is 1. The first kappa shape index (κ1) is 18.9. The van der Waals surface area contributed by atoms with Gasteiger partial charge in [-0.3, -0.25) is 9.59 Å². The van der Waals surface area contributed by atoms with E-state index in [1.807, 2.05) is 12.1 Å². The number of anilines is 1. The highest BCUT2D eigenvalue weighted by atomic mass is 19.1. The summed E-state index contributed by atoms with van der Waals surface area (Å²) in [6, 6.07) is 14.7. The number of benzene rings is 2. The normalized spacial score (nSPS) is 11.2. The molecular formula is C21H16FN3O3. The molecule has 0 atom stereocenters. The van der Waals surface area contributed by atoms with E-state index in [2.05, 4.69) is 0 Å². The van der Waals surface area contributed by atoms with Crippen molar-refractivity contribution in [2.75, 3.05) is 11.9 Å². The molecular weight excluding hydrogens is 361 g/mol. The molecule has 0 aliphatic rings. The molecule has 0 spiro atoms. The Kier molecular flexibility index (Phi) is 5.23. The minimum atomic E-state index is -1.09. The van der Waals surface area contributed by atoms with Crippen molar-refractivity contribution in [3.8, 4) is 6.07 Å². The maximum Gasteiger partial charge on any atom is 0.323 e. The van der Waals surface area contributed by atoms with E-state index in [0.717, 1.165) is 0 Å². The summed E-state index contributed by atoms with van der Waals surface area (Å²) < 4.78 is 15.0. The van der Waals surface area contributed by atoms with Crippen molar-refractivity contribution in [2.45, 2.75) is 6.54 Å². The van der Waals surface area contributed by atoms with Crippen molar-refractivity contribution in [2.24, 2.45) is 0 Å². The minimum absolute atomic E-state index is 0.120. The van der Waals surface area contributed by atoms with Gasteiger partial charge in [0.15, 0.2) is 0 Å². The molecule has 6 nitrogen and oxygen atoms in total. The van der Waals surface area contributed by atoms with Crippen LogP contribution in [0.1, 0.15) is 5.56 Å². The first-order valence-corrected chi connectivity index (χ1v) is 8.36. The molecule has 0 aliphatic heterocycles. The highest BCUT2D eigenvalue weighted by molar-refractivity contribution is 6.11. The lowest BCUT2D eigenvalue weighted by molar-refractivity contribution is -0.137. The summed E-state index contributed by atoms with van der Waals surface area (Å²) in [6.45, 7) is -0.368. The van der Waals surface area contributed by atoms with Crippen LogP contribution in [0.5, 0.6) is 0 Å². The molecule has 1 amide bonds. The summed E-state index contributed by atoms with van der Waals surface area (Å²) in [5, 5.41) is 19.1. The third kappa shape index (κ3) is 3.76. The van der Waals surface area contributed by atoms with Crippen molar-refractivity contribution in [1.29, 1.82) is 5.26 Å². The van der Waals surface area contributed by atoms with E-state index in [1.165, 1.54) is 39.9 Å². The Bertz CT molecular complexity index is 1130. The van der Waals surface area contributed by atoms with Gasteiger partial charge in [0.05, 0.1) is 5.52 Å². The predicted molar refractivity (Wildman–Crippen MR) is 103 cm³/mol. The lowest BCUT2D eigenvalue weighted by Crippen LogP contribution is -2.27. The van der Waals surface area contributed by atoms with Crippen LogP contribution in [-0.2, 0) is 16.1 Å². The number of aliphatic carboxylic acids is 1. The van der Waals surface area contributed by atoms with Gasteiger partial charge in [0, 0.05) is 29.9 Å². The number of halogens is 1. The fraction of sp³-hybridized carbons (Fsp3) is 0.0952. The third-order valence-electron chi connectivity index (χ3n) is 4.28. The molecule has 1 N–H and O–H groups in total. The molecule has 0 aliphatic carbocycles. The van der Waals surface area contributed by atoms with Crippen LogP contribution in [0.3, 0.4) is 0 Å². The maximum absolute atomic E-state index is 13.6. The van der Waals surface area contributed by atoms with Gasteiger partial charge in [0.25, 0.3) is 5.91 Å². The molecule has 7 heteroatoms. The quantitative estimate of drug-likeness (QED) is 0.545. The summed E-state index contributed by atoms with van der Waals surface area (Å²) in [5.74, 6) is -2.10. The topological polar surface area (TPSA) is 86.3 Å². The number of nitriles is 1. The van der Waals surface area contributed by atoms with Crippen molar-refractivity contribution in [3.63, 3.8) is 0 Å². The number of para-hydroxylation sites is 1. The smallest absolute Gasteiger partial charge is 0.323 e.